The van der Waals surface area contributed by atoms with Crippen molar-refractivity contribution in [1.82, 2.24) is 24.9 Å². The summed E-state index contributed by atoms with van der Waals surface area (Å²) in [4.78, 5) is 13.0. The Labute approximate surface area is 196 Å². The van der Waals surface area contributed by atoms with Gasteiger partial charge in [0.2, 0.25) is 0 Å². The molecule has 1 fully saturated rings. The summed E-state index contributed by atoms with van der Waals surface area (Å²) in [6.07, 6.45) is -0.569. The molecule has 4 heterocycles. The molecule has 0 radical (unpaired) electrons. The first-order valence-electron chi connectivity index (χ1n) is 11.5. The normalized spacial score (nSPS) is 26.6. The van der Waals surface area contributed by atoms with Gasteiger partial charge in [-0.3, -0.25) is 4.57 Å². The molecule has 5 rings (SSSR count). The van der Waals surface area contributed by atoms with Crippen molar-refractivity contribution in [2.24, 2.45) is 0 Å². The number of hydrogen-bond acceptors (Lipinski definition) is 10. The first kappa shape index (κ1) is 22.9. The molecule has 1 aromatic carbocycles. The lowest BCUT2D eigenvalue weighted by atomic mass is 9.91. The number of imidazole rings is 1. The van der Waals surface area contributed by atoms with Crippen LogP contribution in [0.2, 0.25) is 0 Å². The Bertz CT molecular complexity index is 1180. The molecule has 0 saturated carbocycles. The highest BCUT2D eigenvalue weighted by Gasteiger charge is 2.44. The van der Waals surface area contributed by atoms with Gasteiger partial charge < -0.3 is 30.2 Å². The number of hydrazine groups is 1. The van der Waals surface area contributed by atoms with Gasteiger partial charge in [-0.15, -0.1) is 0 Å². The van der Waals surface area contributed by atoms with Crippen LogP contribution < -0.4 is 15.6 Å². The van der Waals surface area contributed by atoms with E-state index in [1.54, 1.807) is 0 Å². The molecule has 11 nitrogen and oxygen atoms in total. The molecule has 0 aliphatic carbocycles. The average molecular weight is 471 g/mol. The van der Waals surface area contributed by atoms with E-state index in [2.05, 4.69) is 58.7 Å². The summed E-state index contributed by atoms with van der Waals surface area (Å²) in [5.41, 5.74) is 11.0. The van der Waals surface area contributed by atoms with Crippen molar-refractivity contribution in [2.45, 2.75) is 63.7 Å². The summed E-state index contributed by atoms with van der Waals surface area (Å²) < 4.78 is 13.3. The smallest absolute Gasteiger partial charge is 0.171 e. The fourth-order valence-electron chi connectivity index (χ4n) is 4.61. The van der Waals surface area contributed by atoms with Crippen molar-refractivity contribution < 1.29 is 24.8 Å². The van der Waals surface area contributed by atoms with E-state index in [0.717, 1.165) is 12.2 Å². The van der Waals surface area contributed by atoms with Crippen LogP contribution in [0.5, 0.6) is 5.75 Å². The summed E-state index contributed by atoms with van der Waals surface area (Å²) in [5, 5.41) is 29.8. The van der Waals surface area contributed by atoms with E-state index in [1.807, 2.05) is 0 Å². The molecule has 34 heavy (non-hydrogen) atoms. The van der Waals surface area contributed by atoms with Crippen LogP contribution in [0.1, 0.15) is 42.7 Å². The van der Waals surface area contributed by atoms with Crippen LogP contribution in [0, 0.1) is 6.92 Å². The Balaban J connectivity index is 1.33. The second-order valence-electron chi connectivity index (χ2n) is 9.19. The standard InChI is InChI=1S/C23H30N6O5/c1-11(2)14-5-4-12(3)15-6-13(8-33-20(14)15)27-28-21-17-22(25-9-24-21)29(10-26-17)23-19(32)18(31)16(7-30)34-23/h4-5,9-11,13,16,18-19,23,27,30-32H,6-8H2,1-3H3,(H,24,25,28)/t13?,16-,18-,19-,23-/m1/s1. The van der Waals surface area contributed by atoms with E-state index in [9.17, 15) is 15.3 Å². The Morgan fingerprint density at radius 3 is 2.74 bits per heavy atom. The molecular formula is C23H30N6O5. The zero-order valence-electron chi connectivity index (χ0n) is 19.3. The Kier molecular flexibility index (Phi) is 6.13. The number of rotatable bonds is 6. The summed E-state index contributed by atoms with van der Waals surface area (Å²) in [6, 6.07) is 4.30. The van der Waals surface area contributed by atoms with E-state index in [1.165, 1.54) is 33.9 Å². The molecule has 5 atom stereocenters. The summed E-state index contributed by atoms with van der Waals surface area (Å²) in [6.45, 7) is 6.53. The van der Waals surface area contributed by atoms with E-state index < -0.39 is 31.1 Å². The molecule has 11 heteroatoms. The summed E-state index contributed by atoms with van der Waals surface area (Å²) in [7, 11) is 0. The molecule has 0 bridgehead atoms. The largest absolute Gasteiger partial charge is 0.491 e. The number of aryl methyl sites for hydroxylation is 1. The molecular weight excluding hydrogens is 440 g/mol. The van der Waals surface area contributed by atoms with Crippen LogP contribution in [0.25, 0.3) is 11.2 Å². The minimum absolute atomic E-state index is 0.0150. The van der Waals surface area contributed by atoms with Crippen molar-refractivity contribution >= 4 is 17.0 Å². The highest BCUT2D eigenvalue weighted by Crippen LogP contribution is 2.36. The first-order chi connectivity index (χ1) is 16.4. The lowest BCUT2D eigenvalue weighted by Crippen LogP contribution is -2.43. The van der Waals surface area contributed by atoms with Crippen LogP contribution in [0.4, 0.5) is 5.82 Å². The maximum absolute atomic E-state index is 10.4. The van der Waals surface area contributed by atoms with Crippen molar-refractivity contribution in [3.63, 3.8) is 0 Å². The minimum atomic E-state index is -1.22. The number of nitrogens with zero attached hydrogens (tertiary/aromatic N) is 4. The number of ether oxygens (including phenoxy) is 2. The summed E-state index contributed by atoms with van der Waals surface area (Å²) >= 11 is 0. The molecule has 0 spiro atoms. The number of nitrogens with one attached hydrogen (secondary N) is 2. The van der Waals surface area contributed by atoms with Gasteiger partial charge in [0, 0.05) is 0 Å². The quantitative estimate of drug-likeness (QED) is 0.328. The third-order valence-electron chi connectivity index (χ3n) is 6.57. The number of anilines is 1. The van der Waals surface area contributed by atoms with Gasteiger partial charge >= 0.3 is 0 Å². The maximum atomic E-state index is 10.4. The van der Waals surface area contributed by atoms with Crippen molar-refractivity contribution in [1.29, 1.82) is 0 Å². The lowest BCUT2D eigenvalue weighted by Gasteiger charge is -2.30. The zero-order valence-corrected chi connectivity index (χ0v) is 19.3. The monoisotopic (exact) mass is 470 g/mol. The predicted octanol–water partition coefficient (Wildman–Crippen LogP) is 0.790. The molecule has 2 aliphatic heterocycles. The number of aromatic nitrogens is 4. The maximum Gasteiger partial charge on any atom is 0.171 e. The molecule has 1 unspecified atom stereocenters. The third kappa shape index (κ3) is 3.89. The molecule has 182 valence electrons. The Hall–Kier alpha value is -2.83. The average Bonchev–Trinajstić information content (AvgIpc) is 3.39. The fourth-order valence-corrected chi connectivity index (χ4v) is 4.61. The summed E-state index contributed by atoms with van der Waals surface area (Å²) in [5.74, 6) is 1.85. The Morgan fingerprint density at radius 2 is 2.00 bits per heavy atom. The second kappa shape index (κ2) is 9.08. The number of fused-ring (bicyclic) bond motifs is 2. The van der Waals surface area contributed by atoms with Crippen LogP contribution in [0.3, 0.4) is 0 Å². The minimum Gasteiger partial charge on any atom is -0.491 e. The van der Waals surface area contributed by atoms with E-state index >= 15 is 0 Å². The van der Waals surface area contributed by atoms with Gasteiger partial charge in [-0.1, -0.05) is 26.0 Å². The fraction of sp³-hybridized carbons (Fsp3) is 0.522. The highest BCUT2D eigenvalue weighted by molar-refractivity contribution is 5.82. The Morgan fingerprint density at radius 1 is 1.18 bits per heavy atom. The van der Waals surface area contributed by atoms with Crippen molar-refractivity contribution in [3.05, 3.63) is 41.5 Å². The van der Waals surface area contributed by atoms with E-state index in [-0.39, 0.29) is 6.04 Å². The molecule has 5 N–H and O–H groups in total. The molecule has 2 aromatic heterocycles. The van der Waals surface area contributed by atoms with Gasteiger partial charge in [0.05, 0.1) is 19.0 Å². The van der Waals surface area contributed by atoms with Gasteiger partial charge in [0.25, 0.3) is 0 Å². The van der Waals surface area contributed by atoms with E-state index in [4.69, 9.17) is 9.47 Å². The first-order valence-corrected chi connectivity index (χ1v) is 11.5. The van der Waals surface area contributed by atoms with Crippen LogP contribution in [-0.4, -0.2) is 72.4 Å². The van der Waals surface area contributed by atoms with E-state index in [0.29, 0.717) is 29.5 Å². The predicted molar refractivity (Wildman–Crippen MR) is 123 cm³/mol. The van der Waals surface area contributed by atoms with Crippen LogP contribution in [0.15, 0.2) is 24.8 Å². The molecule has 1 saturated heterocycles. The van der Waals surface area contributed by atoms with Crippen molar-refractivity contribution in [3.8, 4) is 5.75 Å². The van der Waals surface area contributed by atoms with Gasteiger partial charge in [-0.2, -0.15) is 0 Å². The zero-order chi connectivity index (χ0) is 24.0. The van der Waals surface area contributed by atoms with Gasteiger partial charge in [-0.05, 0) is 36.0 Å². The lowest BCUT2D eigenvalue weighted by molar-refractivity contribution is -0.0511. The van der Waals surface area contributed by atoms with Gasteiger partial charge in [0.15, 0.2) is 23.2 Å². The topological polar surface area (TPSA) is 147 Å². The van der Waals surface area contributed by atoms with Crippen LogP contribution in [-0.2, 0) is 11.2 Å². The molecule has 2 aliphatic rings. The second-order valence-corrected chi connectivity index (χ2v) is 9.19. The number of aliphatic hydroxyl groups is 3. The van der Waals surface area contributed by atoms with Gasteiger partial charge in [-0.25, -0.2) is 20.4 Å². The molecule has 0 amide bonds. The number of hydrogen-bond donors (Lipinski definition) is 5. The highest BCUT2D eigenvalue weighted by atomic mass is 16.6. The number of aliphatic hydroxyl groups excluding tert-OH is 3. The third-order valence-corrected chi connectivity index (χ3v) is 6.57. The molecule has 3 aromatic rings. The SMILES string of the molecule is Cc1ccc(C(C)C)c2c1CC(NNc1ncnc3c1ncn3[C@@H]1O[C@H](CO)[C@@H](O)[C@H]1O)CO2. The van der Waals surface area contributed by atoms with Gasteiger partial charge in [0.1, 0.15) is 37.0 Å². The van der Waals surface area contributed by atoms with Crippen molar-refractivity contribution in [2.75, 3.05) is 18.6 Å². The van der Waals surface area contributed by atoms with Crippen LogP contribution >= 0.6 is 0 Å². The number of benzene rings is 1.